The molecule has 0 aromatic heterocycles. The summed E-state index contributed by atoms with van der Waals surface area (Å²) in [6.07, 6.45) is 3.37. The predicted molar refractivity (Wildman–Crippen MR) is 89.8 cm³/mol. The van der Waals surface area contributed by atoms with Crippen molar-refractivity contribution in [2.75, 3.05) is 26.2 Å². The van der Waals surface area contributed by atoms with Crippen molar-refractivity contribution in [3.63, 3.8) is 0 Å². The number of amides is 1. The lowest BCUT2D eigenvalue weighted by Crippen LogP contribution is -2.45. The lowest BCUT2D eigenvalue weighted by Gasteiger charge is -2.30. The van der Waals surface area contributed by atoms with E-state index >= 15 is 0 Å². The van der Waals surface area contributed by atoms with Gasteiger partial charge in [-0.15, -0.1) is 24.8 Å². The maximum Gasteiger partial charge on any atom is 0.236 e. The van der Waals surface area contributed by atoms with E-state index in [1.807, 2.05) is 0 Å². The number of carbonyl (C=O) groups is 1. The summed E-state index contributed by atoms with van der Waals surface area (Å²) in [4.78, 5) is 14.2. The first-order chi connectivity index (χ1) is 8.49. The molecule has 1 amide bonds. The number of hydrogen-bond donors (Lipinski definition) is 2. The molecule has 0 aromatic carbocycles. The van der Waals surface area contributed by atoms with Gasteiger partial charge in [0, 0.05) is 19.6 Å². The zero-order chi connectivity index (χ0) is 13.5. The van der Waals surface area contributed by atoms with Crippen molar-refractivity contribution in [2.24, 2.45) is 17.6 Å². The van der Waals surface area contributed by atoms with Crippen LogP contribution >= 0.6 is 24.8 Å². The molecule has 20 heavy (non-hydrogen) atoms. The van der Waals surface area contributed by atoms with Crippen LogP contribution in [0.15, 0.2) is 0 Å². The van der Waals surface area contributed by atoms with Crippen LogP contribution in [0.4, 0.5) is 0 Å². The number of rotatable bonds is 6. The quantitative estimate of drug-likeness (QED) is 0.785. The molecule has 1 fully saturated rings. The minimum atomic E-state index is -0.356. The van der Waals surface area contributed by atoms with Crippen LogP contribution < -0.4 is 11.1 Å². The van der Waals surface area contributed by atoms with E-state index in [0.717, 1.165) is 38.5 Å². The molecule has 0 radical (unpaired) electrons. The SMILES string of the molecule is CC(C)C[C@H](N)C(=O)NCCN1CCCC(C)C1.Cl.Cl. The van der Waals surface area contributed by atoms with Crippen LogP contribution in [0.1, 0.15) is 40.0 Å². The molecule has 0 spiro atoms. The Morgan fingerprint density at radius 2 is 2.05 bits per heavy atom. The van der Waals surface area contributed by atoms with Crippen LogP contribution in [0.3, 0.4) is 0 Å². The maximum atomic E-state index is 11.7. The van der Waals surface area contributed by atoms with Gasteiger partial charge in [-0.05, 0) is 37.6 Å². The molecular weight excluding hydrogens is 297 g/mol. The van der Waals surface area contributed by atoms with Gasteiger partial charge in [0.25, 0.3) is 0 Å². The summed E-state index contributed by atoms with van der Waals surface area (Å²) in [6.45, 7) is 10.5. The highest BCUT2D eigenvalue weighted by atomic mass is 35.5. The van der Waals surface area contributed by atoms with Crippen molar-refractivity contribution in [1.29, 1.82) is 0 Å². The first-order valence-corrected chi connectivity index (χ1v) is 7.24. The van der Waals surface area contributed by atoms with Crippen LogP contribution in [0.5, 0.6) is 0 Å². The van der Waals surface area contributed by atoms with E-state index in [2.05, 4.69) is 31.0 Å². The third-order valence-electron chi connectivity index (χ3n) is 3.53. The van der Waals surface area contributed by atoms with Gasteiger partial charge in [0.1, 0.15) is 0 Å². The van der Waals surface area contributed by atoms with Crippen LogP contribution in [-0.4, -0.2) is 43.0 Å². The lowest BCUT2D eigenvalue weighted by molar-refractivity contribution is -0.122. The summed E-state index contributed by atoms with van der Waals surface area (Å²) in [5.41, 5.74) is 5.83. The topological polar surface area (TPSA) is 58.4 Å². The molecule has 1 aliphatic rings. The summed E-state index contributed by atoms with van der Waals surface area (Å²) in [7, 11) is 0. The van der Waals surface area contributed by atoms with Gasteiger partial charge in [-0.1, -0.05) is 20.8 Å². The molecule has 1 saturated heterocycles. The largest absolute Gasteiger partial charge is 0.353 e. The standard InChI is InChI=1S/C14H29N3O.2ClH/c1-11(2)9-13(15)14(18)16-6-8-17-7-4-5-12(3)10-17;;/h11-13H,4-10,15H2,1-3H3,(H,16,18);2*1H/t12?,13-;;/m0../s1. The number of halogens is 2. The zero-order valence-corrected chi connectivity index (χ0v) is 14.6. The summed E-state index contributed by atoms with van der Waals surface area (Å²) < 4.78 is 0. The molecule has 0 aromatic rings. The molecule has 4 nitrogen and oxygen atoms in total. The lowest BCUT2D eigenvalue weighted by atomic mass is 10.0. The van der Waals surface area contributed by atoms with E-state index in [1.165, 1.54) is 12.8 Å². The maximum absolute atomic E-state index is 11.7. The number of hydrogen-bond acceptors (Lipinski definition) is 3. The van der Waals surface area contributed by atoms with E-state index in [0.29, 0.717) is 5.92 Å². The fraction of sp³-hybridized carbons (Fsp3) is 0.929. The monoisotopic (exact) mass is 327 g/mol. The molecule has 6 heteroatoms. The average molecular weight is 328 g/mol. The molecule has 122 valence electrons. The first-order valence-electron chi connectivity index (χ1n) is 7.24. The van der Waals surface area contributed by atoms with Crippen molar-refractivity contribution in [1.82, 2.24) is 10.2 Å². The van der Waals surface area contributed by atoms with Gasteiger partial charge in [-0.2, -0.15) is 0 Å². The average Bonchev–Trinajstić information content (AvgIpc) is 2.28. The number of piperidine rings is 1. The van der Waals surface area contributed by atoms with Crippen molar-refractivity contribution < 1.29 is 4.79 Å². The number of nitrogens with zero attached hydrogens (tertiary/aromatic N) is 1. The number of nitrogens with two attached hydrogens (primary N) is 1. The Balaban J connectivity index is 0. The van der Waals surface area contributed by atoms with E-state index in [-0.39, 0.29) is 36.8 Å². The van der Waals surface area contributed by atoms with Crippen LogP contribution in [-0.2, 0) is 4.79 Å². The second-order valence-electron chi connectivity index (χ2n) is 6.08. The summed E-state index contributed by atoms with van der Waals surface area (Å²) in [5, 5.41) is 2.94. The van der Waals surface area contributed by atoms with E-state index in [9.17, 15) is 4.79 Å². The molecule has 0 saturated carbocycles. The van der Waals surface area contributed by atoms with Crippen LogP contribution in [0.2, 0.25) is 0 Å². The van der Waals surface area contributed by atoms with Crippen molar-refractivity contribution in [3.05, 3.63) is 0 Å². The molecule has 1 aliphatic heterocycles. The molecule has 1 unspecified atom stereocenters. The molecule has 2 atom stereocenters. The minimum absolute atomic E-state index is 0. The minimum Gasteiger partial charge on any atom is -0.353 e. The Kier molecular flexibility index (Phi) is 12.9. The van der Waals surface area contributed by atoms with Gasteiger partial charge in [0.15, 0.2) is 0 Å². The number of nitrogens with one attached hydrogen (secondary N) is 1. The third kappa shape index (κ3) is 9.01. The Hall–Kier alpha value is -0.0300. The van der Waals surface area contributed by atoms with E-state index in [1.54, 1.807) is 0 Å². The summed E-state index contributed by atoms with van der Waals surface area (Å²) >= 11 is 0. The van der Waals surface area contributed by atoms with Crippen molar-refractivity contribution in [3.8, 4) is 0 Å². The van der Waals surface area contributed by atoms with Crippen molar-refractivity contribution >= 4 is 30.7 Å². The molecule has 1 heterocycles. The zero-order valence-electron chi connectivity index (χ0n) is 12.9. The third-order valence-corrected chi connectivity index (χ3v) is 3.53. The van der Waals surface area contributed by atoms with Crippen LogP contribution in [0.25, 0.3) is 0 Å². The van der Waals surface area contributed by atoms with Gasteiger partial charge >= 0.3 is 0 Å². The molecular formula is C14H31Cl2N3O. The highest BCUT2D eigenvalue weighted by molar-refractivity contribution is 5.85. The molecule has 0 aliphatic carbocycles. The van der Waals surface area contributed by atoms with Crippen molar-refractivity contribution in [2.45, 2.75) is 46.1 Å². The van der Waals surface area contributed by atoms with Gasteiger partial charge in [-0.25, -0.2) is 0 Å². The fourth-order valence-electron chi connectivity index (χ4n) is 2.57. The van der Waals surface area contributed by atoms with Gasteiger partial charge in [0.2, 0.25) is 5.91 Å². The van der Waals surface area contributed by atoms with Gasteiger partial charge in [0.05, 0.1) is 6.04 Å². The normalized spacial score (nSPS) is 20.8. The Bertz CT molecular complexity index is 265. The van der Waals surface area contributed by atoms with E-state index < -0.39 is 0 Å². The summed E-state index contributed by atoms with van der Waals surface area (Å²) in [5.74, 6) is 1.25. The number of carbonyl (C=O) groups excluding carboxylic acids is 1. The first kappa shape index (κ1) is 22.3. The Morgan fingerprint density at radius 3 is 2.60 bits per heavy atom. The highest BCUT2D eigenvalue weighted by Gasteiger charge is 2.17. The van der Waals surface area contributed by atoms with Gasteiger partial charge < -0.3 is 16.0 Å². The molecule has 3 N–H and O–H groups in total. The summed E-state index contributed by atoms with van der Waals surface area (Å²) in [6, 6.07) is -0.356. The second-order valence-corrected chi connectivity index (χ2v) is 6.08. The van der Waals surface area contributed by atoms with E-state index in [4.69, 9.17) is 5.73 Å². The molecule has 0 bridgehead atoms. The predicted octanol–water partition coefficient (Wildman–Crippen LogP) is 2.05. The highest BCUT2D eigenvalue weighted by Crippen LogP contribution is 2.14. The molecule has 1 rings (SSSR count). The number of likely N-dealkylation sites (tertiary alicyclic amines) is 1. The van der Waals surface area contributed by atoms with Crippen LogP contribution in [0, 0.1) is 11.8 Å². The van der Waals surface area contributed by atoms with Gasteiger partial charge in [-0.3, -0.25) is 4.79 Å². The Labute approximate surface area is 136 Å². The smallest absolute Gasteiger partial charge is 0.236 e. The second kappa shape index (κ2) is 11.6. The Morgan fingerprint density at radius 1 is 1.40 bits per heavy atom. The fourth-order valence-corrected chi connectivity index (χ4v) is 2.57.